The number of likely N-dealkylation sites (N-methyl/N-ethyl adjacent to an activating group) is 1. The first-order chi connectivity index (χ1) is 13.3. The summed E-state index contributed by atoms with van der Waals surface area (Å²) < 4.78 is 44.0. The highest BCUT2D eigenvalue weighted by atomic mass is 19.4. The molecule has 0 radical (unpaired) electrons. The van der Waals surface area contributed by atoms with Crippen molar-refractivity contribution >= 4 is 17.7 Å². The fraction of sp³-hybridized carbons (Fsp3) is 0.222. The third-order valence-corrected chi connectivity index (χ3v) is 3.85. The number of hydrogen-bond acceptors (Lipinski definition) is 5. The molecule has 146 valence electrons. The van der Waals surface area contributed by atoms with E-state index in [0.29, 0.717) is 11.3 Å². The number of halogens is 3. The molecule has 1 aromatic carbocycles. The molecular weight excluding hydrogens is 375 g/mol. The van der Waals surface area contributed by atoms with Crippen LogP contribution in [0.25, 0.3) is 23.2 Å². The van der Waals surface area contributed by atoms with E-state index in [1.807, 2.05) is 6.07 Å². The molecule has 0 saturated carbocycles. The van der Waals surface area contributed by atoms with E-state index < -0.39 is 25.0 Å². The van der Waals surface area contributed by atoms with Crippen molar-refractivity contribution in [2.24, 2.45) is 0 Å². The molecule has 1 amide bonds. The molecule has 3 rings (SSSR count). The van der Waals surface area contributed by atoms with Crippen molar-refractivity contribution in [3.05, 3.63) is 54.5 Å². The van der Waals surface area contributed by atoms with Crippen LogP contribution in [0.2, 0.25) is 0 Å². The van der Waals surface area contributed by atoms with Gasteiger partial charge in [0.2, 0.25) is 0 Å². The Morgan fingerprint density at radius 2 is 1.96 bits per heavy atom. The molecule has 0 bridgehead atoms. The lowest BCUT2D eigenvalue weighted by Crippen LogP contribution is -2.33. The molecule has 0 aliphatic heterocycles. The fourth-order valence-corrected chi connectivity index (χ4v) is 2.43. The maximum atomic E-state index is 12.9. The lowest BCUT2D eigenvalue weighted by molar-refractivity contribution is -0.141. The Kier molecular flexibility index (Phi) is 5.57. The molecule has 3 aromatic rings. The van der Waals surface area contributed by atoms with Crippen molar-refractivity contribution in [3.8, 4) is 11.4 Å². The van der Waals surface area contributed by atoms with Crippen molar-refractivity contribution in [3.63, 3.8) is 0 Å². The van der Waals surface area contributed by atoms with Crippen molar-refractivity contribution in [2.75, 3.05) is 13.6 Å². The zero-order valence-electron chi connectivity index (χ0n) is 14.8. The van der Waals surface area contributed by atoms with Gasteiger partial charge in [-0.25, -0.2) is 0 Å². The summed E-state index contributed by atoms with van der Waals surface area (Å²) in [6.45, 7) is -0.499. The van der Waals surface area contributed by atoms with Crippen LogP contribution in [0.4, 0.5) is 13.2 Å². The second-order valence-corrected chi connectivity index (χ2v) is 5.92. The number of benzene rings is 1. The first kappa shape index (κ1) is 19.3. The summed E-state index contributed by atoms with van der Waals surface area (Å²) in [5.41, 5.74) is 0.604. The quantitative estimate of drug-likeness (QED) is 0.603. The van der Waals surface area contributed by atoms with Crippen molar-refractivity contribution in [1.29, 1.82) is 0 Å². The van der Waals surface area contributed by atoms with Gasteiger partial charge in [-0.15, -0.1) is 5.10 Å². The molecule has 0 aliphatic carbocycles. The monoisotopic (exact) mass is 391 g/mol. The highest BCUT2D eigenvalue weighted by Crippen LogP contribution is 2.23. The molecule has 0 fully saturated rings. The summed E-state index contributed by atoms with van der Waals surface area (Å²) >= 11 is 0. The number of amides is 1. The predicted octanol–water partition coefficient (Wildman–Crippen LogP) is 3.34. The Hall–Kier alpha value is -3.43. The largest absolute Gasteiger partial charge is 0.465 e. The molecule has 0 N–H and O–H groups in total. The predicted molar refractivity (Wildman–Crippen MR) is 94.4 cm³/mol. The van der Waals surface area contributed by atoms with E-state index >= 15 is 0 Å². The highest BCUT2D eigenvalue weighted by molar-refractivity contribution is 6.18. The lowest BCUT2D eigenvalue weighted by Gasteiger charge is -2.20. The van der Waals surface area contributed by atoms with Gasteiger partial charge in [-0.1, -0.05) is 30.3 Å². The van der Waals surface area contributed by atoms with Gasteiger partial charge in [-0.05, 0) is 22.6 Å². The molecule has 10 heteroatoms. The van der Waals surface area contributed by atoms with Crippen LogP contribution in [0.3, 0.4) is 0 Å². The molecule has 0 saturated heterocycles. The Bertz CT molecular complexity index is 949. The van der Waals surface area contributed by atoms with Crippen LogP contribution in [-0.2, 0) is 4.79 Å². The van der Waals surface area contributed by atoms with Crippen LogP contribution in [0.5, 0.6) is 0 Å². The molecule has 0 atom stereocenters. The van der Waals surface area contributed by atoms with Gasteiger partial charge in [0.1, 0.15) is 11.5 Å². The Morgan fingerprint density at radius 1 is 1.21 bits per heavy atom. The maximum absolute atomic E-state index is 12.9. The summed E-state index contributed by atoms with van der Waals surface area (Å²) in [4.78, 5) is 13.9. The van der Waals surface area contributed by atoms with Gasteiger partial charge in [0.05, 0.1) is 12.7 Å². The molecule has 28 heavy (non-hydrogen) atoms. The van der Waals surface area contributed by atoms with Gasteiger partial charge < -0.3 is 9.32 Å². The SMILES string of the molecule is CN(CCC(F)(F)F)C(=O)C(=Cc1ccco1)n1nnnc1-c1ccccc1. The van der Waals surface area contributed by atoms with E-state index in [2.05, 4.69) is 15.5 Å². The fourth-order valence-electron chi connectivity index (χ4n) is 2.43. The smallest absolute Gasteiger partial charge is 0.390 e. The van der Waals surface area contributed by atoms with Gasteiger partial charge >= 0.3 is 6.18 Å². The first-order valence-electron chi connectivity index (χ1n) is 8.27. The zero-order chi connectivity index (χ0) is 20.1. The van der Waals surface area contributed by atoms with E-state index in [0.717, 1.165) is 4.90 Å². The van der Waals surface area contributed by atoms with Crippen LogP contribution < -0.4 is 0 Å². The number of furan rings is 1. The van der Waals surface area contributed by atoms with Crippen LogP contribution in [0.1, 0.15) is 12.2 Å². The number of carbonyl (C=O) groups is 1. The molecule has 2 aromatic heterocycles. The summed E-state index contributed by atoms with van der Waals surface area (Å²) in [5.74, 6) is -0.0665. The van der Waals surface area contributed by atoms with Crippen molar-refractivity contribution in [2.45, 2.75) is 12.6 Å². The summed E-state index contributed by atoms with van der Waals surface area (Å²) in [7, 11) is 1.29. The van der Waals surface area contributed by atoms with E-state index in [4.69, 9.17) is 4.42 Å². The average molecular weight is 391 g/mol. The number of alkyl halides is 3. The van der Waals surface area contributed by atoms with Crippen LogP contribution in [-0.4, -0.2) is 50.8 Å². The molecular formula is C18H16F3N5O2. The van der Waals surface area contributed by atoms with Gasteiger partial charge in [-0.3, -0.25) is 4.79 Å². The summed E-state index contributed by atoms with van der Waals surface area (Å²) in [5, 5.41) is 11.4. The number of rotatable bonds is 6. The van der Waals surface area contributed by atoms with Crippen LogP contribution in [0, 0.1) is 0 Å². The molecule has 2 heterocycles. The zero-order valence-corrected chi connectivity index (χ0v) is 14.8. The number of aromatic nitrogens is 4. The van der Waals surface area contributed by atoms with Crippen LogP contribution >= 0.6 is 0 Å². The number of tetrazole rings is 1. The second kappa shape index (κ2) is 8.07. The van der Waals surface area contributed by atoms with Gasteiger partial charge in [0.15, 0.2) is 5.82 Å². The van der Waals surface area contributed by atoms with E-state index in [1.165, 1.54) is 24.1 Å². The molecule has 0 spiro atoms. The maximum Gasteiger partial charge on any atom is 0.390 e. The number of carbonyl (C=O) groups excluding carboxylic acids is 1. The first-order valence-corrected chi connectivity index (χ1v) is 8.27. The Labute approximate surface area is 158 Å². The standard InChI is InChI=1S/C18H16F3N5O2/c1-25(10-9-18(19,20)21)17(27)15(12-14-8-5-11-28-14)26-16(22-23-24-26)13-6-3-2-4-7-13/h2-8,11-12H,9-10H2,1H3. The lowest BCUT2D eigenvalue weighted by atomic mass is 10.2. The van der Waals surface area contributed by atoms with Gasteiger partial charge in [0, 0.05) is 25.2 Å². The third kappa shape index (κ3) is 4.64. The molecule has 0 aliphatic rings. The average Bonchev–Trinajstić information content (AvgIpc) is 3.35. The number of hydrogen-bond donors (Lipinski definition) is 0. The normalized spacial score (nSPS) is 12.2. The minimum absolute atomic E-state index is 0.0384. The van der Waals surface area contributed by atoms with Crippen LogP contribution in [0.15, 0.2) is 53.1 Å². The minimum atomic E-state index is -4.37. The third-order valence-electron chi connectivity index (χ3n) is 3.85. The van der Waals surface area contributed by atoms with Gasteiger partial charge in [-0.2, -0.15) is 17.9 Å². The topological polar surface area (TPSA) is 77.0 Å². The summed E-state index contributed by atoms with van der Waals surface area (Å²) in [6, 6.07) is 12.1. The summed E-state index contributed by atoms with van der Waals surface area (Å²) in [6.07, 6.45) is -2.69. The minimum Gasteiger partial charge on any atom is -0.465 e. The highest BCUT2D eigenvalue weighted by Gasteiger charge is 2.29. The number of nitrogens with zero attached hydrogens (tertiary/aromatic N) is 5. The molecule has 7 nitrogen and oxygen atoms in total. The Morgan fingerprint density at radius 3 is 2.61 bits per heavy atom. The van der Waals surface area contributed by atoms with E-state index in [1.54, 1.807) is 36.4 Å². The van der Waals surface area contributed by atoms with E-state index in [-0.39, 0.29) is 11.5 Å². The van der Waals surface area contributed by atoms with Crippen molar-refractivity contribution in [1.82, 2.24) is 25.1 Å². The van der Waals surface area contributed by atoms with E-state index in [9.17, 15) is 18.0 Å². The Balaban J connectivity index is 1.98. The van der Waals surface area contributed by atoms with Gasteiger partial charge in [0.25, 0.3) is 5.91 Å². The molecule has 0 unspecified atom stereocenters. The van der Waals surface area contributed by atoms with Crippen molar-refractivity contribution < 1.29 is 22.4 Å². The second-order valence-electron chi connectivity index (χ2n) is 5.92.